The highest BCUT2D eigenvalue weighted by Gasteiger charge is 2.20. The molecule has 134 valence electrons. The van der Waals surface area contributed by atoms with Gasteiger partial charge in [-0.25, -0.2) is 8.42 Å². The van der Waals surface area contributed by atoms with Gasteiger partial charge in [0.2, 0.25) is 0 Å². The van der Waals surface area contributed by atoms with Gasteiger partial charge in [-0.3, -0.25) is 9.88 Å². The molecule has 0 N–H and O–H groups in total. The molecule has 0 amide bonds. The van der Waals surface area contributed by atoms with Crippen molar-refractivity contribution >= 4 is 9.84 Å². The van der Waals surface area contributed by atoms with Crippen LogP contribution in [-0.4, -0.2) is 43.8 Å². The molecule has 25 heavy (non-hydrogen) atoms. The normalized spacial score (nSPS) is 19.0. The molecule has 0 bridgehead atoms. The summed E-state index contributed by atoms with van der Waals surface area (Å²) in [6.07, 6.45) is 5.40. The van der Waals surface area contributed by atoms with E-state index in [1.807, 2.05) is 30.3 Å². The summed E-state index contributed by atoms with van der Waals surface area (Å²) >= 11 is 0. The molecule has 1 aromatic heterocycles. The van der Waals surface area contributed by atoms with Gasteiger partial charge < -0.3 is 4.74 Å². The van der Waals surface area contributed by atoms with E-state index in [0.717, 1.165) is 43.7 Å². The van der Waals surface area contributed by atoms with Crippen LogP contribution in [-0.2, 0) is 27.7 Å². The van der Waals surface area contributed by atoms with E-state index >= 15 is 0 Å². The van der Waals surface area contributed by atoms with Crippen LogP contribution in [0.5, 0.6) is 0 Å². The van der Waals surface area contributed by atoms with E-state index in [1.165, 1.54) is 6.26 Å². The van der Waals surface area contributed by atoms with Gasteiger partial charge >= 0.3 is 0 Å². The zero-order valence-corrected chi connectivity index (χ0v) is 15.3. The molecular weight excluding hydrogens is 336 g/mol. The number of ether oxygens (including phenoxy) is 1. The number of piperidine rings is 1. The molecular formula is C19H24N2O3S. The van der Waals surface area contributed by atoms with Crippen LogP contribution in [0.15, 0.2) is 53.6 Å². The van der Waals surface area contributed by atoms with Crippen molar-refractivity contribution in [1.82, 2.24) is 9.88 Å². The molecule has 0 spiro atoms. The molecule has 5 nitrogen and oxygen atoms in total. The number of sulfone groups is 1. The van der Waals surface area contributed by atoms with Crippen LogP contribution in [0, 0.1) is 0 Å². The Labute approximate surface area is 149 Å². The lowest BCUT2D eigenvalue weighted by Crippen LogP contribution is -2.39. The lowest BCUT2D eigenvalue weighted by molar-refractivity contribution is -0.0132. The third kappa shape index (κ3) is 5.36. The van der Waals surface area contributed by atoms with Crippen LogP contribution in [0.4, 0.5) is 0 Å². The van der Waals surface area contributed by atoms with Gasteiger partial charge in [0.15, 0.2) is 9.84 Å². The summed E-state index contributed by atoms with van der Waals surface area (Å²) in [7, 11) is -3.13. The highest BCUT2D eigenvalue weighted by molar-refractivity contribution is 7.90. The van der Waals surface area contributed by atoms with Crippen molar-refractivity contribution in [1.29, 1.82) is 0 Å². The standard InChI is InChI=1S/C19H24N2O3S/c1-25(22,23)19-9-7-16(8-10-19)13-21-12-4-6-18(14-21)24-15-17-5-2-3-11-20-17/h2-3,5,7-11,18H,4,6,12-15H2,1H3. The maximum atomic E-state index is 11.5. The second kappa shape index (κ2) is 8.08. The van der Waals surface area contributed by atoms with Gasteiger partial charge in [-0.2, -0.15) is 0 Å². The predicted molar refractivity (Wildman–Crippen MR) is 96.9 cm³/mol. The molecule has 1 aromatic carbocycles. The Hall–Kier alpha value is -1.76. The largest absolute Gasteiger partial charge is 0.371 e. The molecule has 1 fully saturated rings. The van der Waals surface area contributed by atoms with Gasteiger partial charge in [-0.15, -0.1) is 0 Å². The third-order valence-corrected chi connectivity index (χ3v) is 5.54. The van der Waals surface area contributed by atoms with Crippen LogP contribution in [0.3, 0.4) is 0 Å². The molecule has 6 heteroatoms. The van der Waals surface area contributed by atoms with Gasteiger partial charge in [-0.1, -0.05) is 18.2 Å². The maximum absolute atomic E-state index is 11.5. The minimum absolute atomic E-state index is 0.214. The van der Waals surface area contributed by atoms with E-state index in [0.29, 0.717) is 11.5 Å². The number of benzene rings is 1. The van der Waals surface area contributed by atoms with Crippen molar-refractivity contribution in [3.05, 3.63) is 59.9 Å². The van der Waals surface area contributed by atoms with Gasteiger partial charge in [-0.05, 0) is 49.2 Å². The molecule has 1 aliphatic rings. The Balaban J connectivity index is 1.53. The zero-order valence-electron chi connectivity index (χ0n) is 14.5. The smallest absolute Gasteiger partial charge is 0.175 e. The Morgan fingerprint density at radius 1 is 1.20 bits per heavy atom. The summed E-state index contributed by atoms with van der Waals surface area (Å²) < 4.78 is 29.1. The number of likely N-dealkylation sites (tertiary alicyclic amines) is 1. The van der Waals surface area contributed by atoms with Gasteiger partial charge in [0, 0.05) is 25.5 Å². The quantitative estimate of drug-likeness (QED) is 0.793. The topological polar surface area (TPSA) is 59.5 Å². The summed E-state index contributed by atoms with van der Waals surface area (Å²) in [5.74, 6) is 0. The van der Waals surface area contributed by atoms with Crippen LogP contribution >= 0.6 is 0 Å². The first-order valence-electron chi connectivity index (χ1n) is 8.53. The Bertz CT molecular complexity index is 776. The van der Waals surface area contributed by atoms with Crippen LogP contribution in [0.2, 0.25) is 0 Å². The molecule has 0 radical (unpaired) electrons. The first-order chi connectivity index (χ1) is 12.0. The third-order valence-electron chi connectivity index (χ3n) is 4.41. The van der Waals surface area contributed by atoms with Gasteiger partial charge in [0.05, 0.1) is 23.3 Å². The average molecular weight is 360 g/mol. The molecule has 1 saturated heterocycles. The lowest BCUT2D eigenvalue weighted by Gasteiger charge is -2.32. The van der Waals surface area contributed by atoms with Crippen molar-refractivity contribution in [3.63, 3.8) is 0 Å². The van der Waals surface area contributed by atoms with Crippen molar-refractivity contribution in [2.75, 3.05) is 19.3 Å². The van der Waals surface area contributed by atoms with E-state index < -0.39 is 9.84 Å². The number of rotatable bonds is 6. The summed E-state index contributed by atoms with van der Waals surface area (Å²) in [5, 5.41) is 0. The number of hydrogen-bond donors (Lipinski definition) is 0. The molecule has 1 atom stereocenters. The highest BCUT2D eigenvalue weighted by atomic mass is 32.2. The van der Waals surface area contributed by atoms with E-state index in [9.17, 15) is 8.42 Å². The van der Waals surface area contributed by atoms with Crippen LogP contribution in [0.25, 0.3) is 0 Å². The Morgan fingerprint density at radius 3 is 2.68 bits per heavy atom. The molecule has 2 aromatic rings. The van der Waals surface area contributed by atoms with E-state index in [1.54, 1.807) is 18.3 Å². The SMILES string of the molecule is CS(=O)(=O)c1ccc(CN2CCCC(OCc3ccccn3)C2)cc1. The molecule has 1 aliphatic heterocycles. The molecule has 2 heterocycles. The second-order valence-corrected chi connectivity index (χ2v) is 8.56. The molecule has 3 rings (SSSR count). The first-order valence-corrected chi connectivity index (χ1v) is 10.4. The average Bonchev–Trinajstić information content (AvgIpc) is 2.61. The van der Waals surface area contributed by atoms with E-state index in [4.69, 9.17) is 4.74 Å². The predicted octanol–water partition coefficient (Wildman–Crippen LogP) is 2.67. The van der Waals surface area contributed by atoms with E-state index in [-0.39, 0.29) is 6.10 Å². The molecule has 0 aliphatic carbocycles. The lowest BCUT2D eigenvalue weighted by atomic mass is 10.1. The van der Waals surface area contributed by atoms with Gasteiger partial charge in [0.1, 0.15) is 0 Å². The zero-order chi connectivity index (χ0) is 17.7. The minimum Gasteiger partial charge on any atom is -0.371 e. The van der Waals surface area contributed by atoms with Gasteiger partial charge in [0.25, 0.3) is 0 Å². The van der Waals surface area contributed by atoms with Crippen molar-refractivity contribution in [2.45, 2.75) is 37.0 Å². The number of nitrogens with zero attached hydrogens (tertiary/aromatic N) is 2. The summed E-state index contributed by atoms with van der Waals surface area (Å²) in [4.78, 5) is 7.02. The van der Waals surface area contributed by atoms with Crippen LogP contribution < -0.4 is 0 Å². The number of aromatic nitrogens is 1. The minimum atomic E-state index is -3.13. The fourth-order valence-corrected chi connectivity index (χ4v) is 3.71. The number of pyridine rings is 1. The summed E-state index contributed by atoms with van der Waals surface area (Å²) in [6, 6.07) is 13.0. The highest BCUT2D eigenvalue weighted by Crippen LogP contribution is 2.18. The Kier molecular flexibility index (Phi) is 5.83. The van der Waals surface area contributed by atoms with Crippen molar-refractivity contribution in [3.8, 4) is 0 Å². The van der Waals surface area contributed by atoms with E-state index in [2.05, 4.69) is 9.88 Å². The molecule has 0 saturated carbocycles. The Morgan fingerprint density at radius 2 is 2.00 bits per heavy atom. The number of hydrogen-bond acceptors (Lipinski definition) is 5. The second-order valence-electron chi connectivity index (χ2n) is 6.55. The van der Waals surface area contributed by atoms with Crippen molar-refractivity contribution in [2.24, 2.45) is 0 Å². The fraction of sp³-hybridized carbons (Fsp3) is 0.421. The van der Waals surface area contributed by atoms with Crippen molar-refractivity contribution < 1.29 is 13.2 Å². The summed E-state index contributed by atoms with van der Waals surface area (Å²) in [5.41, 5.74) is 2.08. The summed E-state index contributed by atoms with van der Waals surface area (Å²) in [6.45, 7) is 3.29. The monoisotopic (exact) mass is 360 g/mol. The maximum Gasteiger partial charge on any atom is 0.175 e. The first kappa shape index (κ1) is 18.0. The molecule has 1 unspecified atom stereocenters. The van der Waals surface area contributed by atoms with Crippen LogP contribution in [0.1, 0.15) is 24.1 Å². The fourth-order valence-electron chi connectivity index (χ4n) is 3.08.